The standard InChI is InChI=1S/C14H22N2OS.ClH/c1-4-15-12(3)9-16-14(17)10-18-13-7-5-11(2)6-8-13;/h5-8,12,15H,4,9-10H2,1-3H3,(H,16,17);1H/t12-;/m1./s1. The van der Waals surface area contributed by atoms with E-state index in [1.807, 2.05) is 0 Å². The molecular formula is C14H23ClN2OS. The highest BCUT2D eigenvalue weighted by atomic mass is 35.5. The van der Waals surface area contributed by atoms with Gasteiger partial charge in [0.1, 0.15) is 0 Å². The van der Waals surface area contributed by atoms with Crippen LogP contribution in [0.3, 0.4) is 0 Å². The fraction of sp³-hybridized carbons (Fsp3) is 0.500. The minimum atomic E-state index is 0. The first-order valence-corrected chi connectivity index (χ1v) is 7.30. The highest BCUT2D eigenvalue weighted by Crippen LogP contribution is 2.17. The zero-order chi connectivity index (χ0) is 13.4. The van der Waals surface area contributed by atoms with Crippen molar-refractivity contribution in [2.75, 3.05) is 18.8 Å². The number of thioether (sulfide) groups is 1. The first-order chi connectivity index (χ1) is 8.61. The summed E-state index contributed by atoms with van der Waals surface area (Å²) in [6.45, 7) is 7.79. The molecule has 0 aliphatic heterocycles. The van der Waals surface area contributed by atoms with Crippen LogP contribution in [-0.2, 0) is 4.79 Å². The van der Waals surface area contributed by atoms with Crippen LogP contribution in [0.2, 0.25) is 0 Å². The van der Waals surface area contributed by atoms with Crippen molar-refractivity contribution in [1.29, 1.82) is 0 Å². The molecule has 5 heteroatoms. The van der Waals surface area contributed by atoms with Gasteiger partial charge in [0.2, 0.25) is 5.91 Å². The summed E-state index contributed by atoms with van der Waals surface area (Å²) in [5.74, 6) is 0.562. The average molecular weight is 303 g/mol. The highest BCUT2D eigenvalue weighted by molar-refractivity contribution is 8.00. The maximum Gasteiger partial charge on any atom is 0.230 e. The zero-order valence-electron chi connectivity index (χ0n) is 11.7. The zero-order valence-corrected chi connectivity index (χ0v) is 13.4. The largest absolute Gasteiger partial charge is 0.354 e. The Morgan fingerprint density at radius 3 is 2.53 bits per heavy atom. The second kappa shape index (κ2) is 10.1. The molecule has 19 heavy (non-hydrogen) atoms. The van der Waals surface area contributed by atoms with E-state index in [1.54, 1.807) is 11.8 Å². The van der Waals surface area contributed by atoms with Crippen LogP contribution in [0, 0.1) is 6.92 Å². The molecule has 3 nitrogen and oxygen atoms in total. The van der Waals surface area contributed by atoms with E-state index in [9.17, 15) is 4.79 Å². The molecule has 0 heterocycles. The van der Waals surface area contributed by atoms with E-state index in [0.29, 0.717) is 18.3 Å². The van der Waals surface area contributed by atoms with Crippen LogP contribution in [0.4, 0.5) is 0 Å². The molecule has 0 unspecified atom stereocenters. The van der Waals surface area contributed by atoms with Gasteiger partial charge < -0.3 is 10.6 Å². The van der Waals surface area contributed by atoms with Gasteiger partial charge in [0.25, 0.3) is 0 Å². The van der Waals surface area contributed by atoms with Gasteiger partial charge in [0.15, 0.2) is 0 Å². The van der Waals surface area contributed by atoms with Crippen molar-refractivity contribution in [2.45, 2.75) is 31.7 Å². The normalized spacial score (nSPS) is 11.5. The Morgan fingerprint density at radius 1 is 1.32 bits per heavy atom. The van der Waals surface area contributed by atoms with Gasteiger partial charge in [-0.3, -0.25) is 4.79 Å². The molecular weight excluding hydrogens is 280 g/mol. The first kappa shape index (κ1) is 18.3. The van der Waals surface area contributed by atoms with Gasteiger partial charge in [-0.2, -0.15) is 0 Å². The topological polar surface area (TPSA) is 41.1 Å². The lowest BCUT2D eigenvalue weighted by atomic mass is 10.2. The number of benzene rings is 1. The summed E-state index contributed by atoms with van der Waals surface area (Å²) < 4.78 is 0. The average Bonchev–Trinajstić information content (AvgIpc) is 2.36. The Labute approximate surface area is 126 Å². The number of hydrogen-bond acceptors (Lipinski definition) is 3. The Hall–Kier alpha value is -0.710. The Morgan fingerprint density at radius 2 is 1.95 bits per heavy atom. The van der Waals surface area contributed by atoms with E-state index in [4.69, 9.17) is 0 Å². The van der Waals surface area contributed by atoms with Gasteiger partial charge in [-0.1, -0.05) is 24.6 Å². The molecule has 0 spiro atoms. The van der Waals surface area contributed by atoms with Crippen LogP contribution in [0.15, 0.2) is 29.2 Å². The molecule has 0 radical (unpaired) electrons. The predicted octanol–water partition coefficient (Wildman–Crippen LogP) is 2.62. The third kappa shape index (κ3) is 8.14. The first-order valence-electron chi connectivity index (χ1n) is 6.31. The van der Waals surface area contributed by atoms with Crippen molar-refractivity contribution in [3.63, 3.8) is 0 Å². The van der Waals surface area contributed by atoms with Crippen LogP contribution in [-0.4, -0.2) is 30.8 Å². The molecule has 1 rings (SSSR count). The van der Waals surface area contributed by atoms with E-state index < -0.39 is 0 Å². The summed E-state index contributed by atoms with van der Waals surface area (Å²) in [5.41, 5.74) is 1.24. The summed E-state index contributed by atoms with van der Waals surface area (Å²) >= 11 is 1.57. The quantitative estimate of drug-likeness (QED) is 0.761. The molecule has 1 aromatic carbocycles. The van der Waals surface area contributed by atoms with E-state index in [2.05, 4.69) is 55.7 Å². The molecule has 2 N–H and O–H groups in total. The molecule has 1 atom stereocenters. The summed E-state index contributed by atoms with van der Waals surface area (Å²) in [6, 6.07) is 8.55. The maximum absolute atomic E-state index is 11.6. The SMILES string of the molecule is CCN[C@H](C)CNC(=O)CSc1ccc(C)cc1.Cl. The fourth-order valence-corrected chi connectivity index (χ4v) is 2.25. The number of hydrogen-bond donors (Lipinski definition) is 2. The highest BCUT2D eigenvalue weighted by Gasteiger charge is 2.05. The van der Waals surface area contributed by atoms with Crippen molar-refractivity contribution in [2.24, 2.45) is 0 Å². The Balaban J connectivity index is 0.00000324. The number of aryl methyl sites for hydroxylation is 1. The second-order valence-corrected chi connectivity index (χ2v) is 5.41. The lowest BCUT2D eigenvalue weighted by molar-refractivity contribution is -0.118. The fourth-order valence-electron chi connectivity index (χ4n) is 1.52. The van der Waals surface area contributed by atoms with Gasteiger partial charge in [-0.25, -0.2) is 0 Å². The number of halogens is 1. The number of likely N-dealkylation sites (N-methyl/N-ethyl adjacent to an activating group) is 1. The van der Waals surface area contributed by atoms with Crippen LogP contribution in [0.5, 0.6) is 0 Å². The minimum Gasteiger partial charge on any atom is -0.354 e. The maximum atomic E-state index is 11.6. The van der Waals surface area contributed by atoms with Crippen LogP contribution < -0.4 is 10.6 Å². The molecule has 0 aliphatic carbocycles. The van der Waals surface area contributed by atoms with Crippen LogP contribution in [0.1, 0.15) is 19.4 Å². The summed E-state index contributed by atoms with van der Waals surface area (Å²) in [6.07, 6.45) is 0. The molecule has 0 saturated carbocycles. The predicted molar refractivity (Wildman–Crippen MR) is 85.3 cm³/mol. The van der Waals surface area contributed by atoms with E-state index in [-0.39, 0.29) is 18.3 Å². The van der Waals surface area contributed by atoms with E-state index in [0.717, 1.165) is 11.4 Å². The lowest BCUT2D eigenvalue weighted by Gasteiger charge is -2.13. The molecule has 0 aliphatic rings. The summed E-state index contributed by atoms with van der Waals surface area (Å²) in [4.78, 5) is 12.8. The number of rotatable bonds is 7. The minimum absolute atomic E-state index is 0. The third-order valence-electron chi connectivity index (χ3n) is 2.55. The van der Waals surface area contributed by atoms with Crippen molar-refractivity contribution >= 4 is 30.1 Å². The number of carbonyl (C=O) groups is 1. The molecule has 1 aromatic rings. The summed E-state index contributed by atoms with van der Waals surface area (Å²) in [5, 5.41) is 6.19. The molecule has 0 saturated heterocycles. The number of nitrogens with one attached hydrogen (secondary N) is 2. The van der Waals surface area contributed by atoms with E-state index >= 15 is 0 Å². The van der Waals surface area contributed by atoms with Gasteiger partial charge in [0.05, 0.1) is 5.75 Å². The Bertz CT molecular complexity index is 370. The van der Waals surface area contributed by atoms with Crippen molar-refractivity contribution in [1.82, 2.24) is 10.6 Å². The van der Waals surface area contributed by atoms with Crippen molar-refractivity contribution in [3.05, 3.63) is 29.8 Å². The van der Waals surface area contributed by atoms with Gasteiger partial charge in [-0.05, 0) is 32.5 Å². The van der Waals surface area contributed by atoms with Gasteiger partial charge in [0, 0.05) is 17.5 Å². The smallest absolute Gasteiger partial charge is 0.230 e. The van der Waals surface area contributed by atoms with Gasteiger partial charge in [-0.15, -0.1) is 24.2 Å². The van der Waals surface area contributed by atoms with Crippen molar-refractivity contribution in [3.8, 4) is 0 Å². The Kier molecular flexibility index (Phi) is 9.74. The number of carbonyl (C=O) groups excluding carboxylic acids is 1. The van der Waals surface area contributed by atoms with Crippen LogP contribution in [0.25, 0.3) is 0 Å². The molecule has 0 fully saturated rings. The van der Waals surface area contributed by atoms with E-state index in [1.165, 1.54) is 5.56 Å². The molecule has 108 valence electrons. The van der Waals surface area contributed by atoms with Crippen molar-refractivity contribution < 1.29 is 4.79 Å². The van der Waals surface area contributed by atoms with Gasteiger partial charge >= 0.3 is 0 Å². The number of amides is 1. The monoisotopic (exact) mass is 302 g/mol. The lowest BCUT2D eigenvalue weighted by Crippen LogP contribution is -2.39. The third-order valence-corrected chi connectivity index (χ3v) is 3.56. The summed E-state index contributed by atoms with van der Waals surface area (Å²) in [7, 11) is 0. The van der Waals surface area contributed by atoms with Crippen LogP contribution >= 0.6 is 24.2 Å². The molecule has 0 aromatic heterocycles. The second-order valence-electron chi connectivity index (χ2n) is 4.36. The molecule has 1 amide bonds. The molecule has 0 bridgehead atoms.